The minimum Gasteiger partial charge on any atom is -0.408 e. The molecule has 6 nitrogen and oxygen atoms in total. The molecule has 28 heavy (non-hydrogen) atoms. The Bertz CT molecular complexity index is 1170. The maximum absolute atomic E-state index is 13.2. The van der Waals surface area contributed by atoms with E-state index in [4.69, 9.17) is 16.0 Å². The molecule has 2 aromatic heterocycles. The fraction of sp³-hybridized carbons (Fsp3) is 0.0952. The van der Waals surface area contributed by atoms with Crippen molar-refractivity contribution in [3.63, 3.8) is 0 Å². The summed E-state index contributed by atoms with van der Waals surface area (Å²) in [6, 6.07) is 19.5. The number of halogens is 1. The van der Waals surface area contributed by atoms with Crippen molar-refractivity contribution in [2.45, 2.75) is 13.1 Å². The number of hydrogen-bond acceptors (Lipinski definition) is 4. The van der Waals surface area contributed by atoms with E-state index >= 15 is 0 Å². The highest BCUT2D eigenvalue weighted by molar-refractivity contribution is 6.30. The first-order chi connectivity index (χ1) is 13.6. The molecule has 140 valence electrons. The van der Waals surface area contributed by atoms with Crippen LogP contribution in [0, 0.1) is 0 Å². The van der Waals surface area contributed by atoms with Gasteiger partial charge in [-0.25, -0.2) is 4.79 Å². The topological polar surface area (TPSA) is 68.3 Å². The molecule has 1 amide bonds. The molecule has 0 N–H and O–H groups in total. The first-order valence-electron chi connectivity index (χ1n) is 8.66. The zero-order valence-corrected chi connectivity index (χ0v) is 15.5. The molecule has 0 aliphatic rings. The fourth-order valence-corrected chi connectivity index (χ4v) is 3.11. The quantitative estimate of drug-likeness (QED) is 0.516. The third-order valence-corrected chi connectivity index (χ3v) is 4.60. The average Bonchev–Trinajstić information content (AvgIpc) is 3.03. The third-order valence-electron chi connectivity index (χ3n) is 4.35. The Kier molecular flexibility index (Phi) is 4.95. The molecule has 0 saturated heterocycles. The van der Waals surface area contributed by atoms with Crippen LogP contribution >= 0.6 is 11.6 Å². The highest BCUT2D eigenvalue weighted by atomic mass is 35.5. The molecule has 2 aromatic carbocycles. The monoisotopic (exact) mass is 393 g/mol. The van der Waals surface area contributed by atoms with Crippen molar-refractivity contribution in [2.24, 2.45) is 0 Å². The fourth-order valence-electron chi connectivity index (χ4n) is 2.98. The molecular weight excluding hydrogens is 378 g/mol. The van der Waals surface area contributed by atoms with E-state index in [-0.39, 0.29) is 19.0 Å². The van der Waals surface area contributed by atoms with Crippen LogP contribution < -0.4 is 10.7 Å². The van der Waals surface area contributed by atoms with Crippen LogP contribution in [-0.4, -0.2) is 15.5 Å². The predicted octanol–water partition coefficient (Wildman–Crippen LogP) is 3.88. The number of nitrogens with zero attached hydrogens (tertiary/aromatic N) is 3. The van der Waals surface area contributed by atoms with Gasteiger partial charge in [0, 0.05) is 16.9 Å². The number of oxazole rings is 1. The number of aromatic nitrogens is 2. The van der Waals surface area contributed by atoms with Crippen molar-refractivity contribution in [1.29, 1.82) is 0 Å². The molecule has 2 heterocycles. The van der Waals surface area contributed by atoms with Gasteiger partial charge in [0.1, 0.15) is 6.54 Å². The largest absolute Gasteiger partial charge is 0.420 e. The molecular formula is C21H16ClN3O3. The first kappa shape index (κ1) is 18.0. The smallest absolute Gasteiger partial charge is 0.408 e. The Labute approximate surface area is 165 Å². The first-order valence-corrected chi connectivity index (χ1v) is 9.04. The summed E-state index contributed by atoms with van der Waals surface area (Å²) in [6.07, 6.45) is 1.67. The second kappa shape index (κ2) is 7.70. The molecule has 0 atom stereocenters. The molecule has 0 aliphatic carbocycles. The van der Waals surface area contributed by atoms with Gasteiger partial charge in [-0.3, -0.25) is 14.3 Å². The van der Waals surface area contributed by atoms with E-state index in [0.717, 1.165) is 5.69 Å². The van der Waals surface area contributed by atoms with Gasteiger partial charge < -0.3 is 9.32 Å². The number of benzene rings is 2. The van der Waals surface area contributed by atoms with Crippen LogP contribution in [0.1, 0.15) is 5.69 Å². The molecule has 4 rings (SSSR count). The molecule has 0 fully saturated rings. The van der Waals surface area contributed by atoms with Crippen LogP contribution in [0.15, 0.2) is 82.1 Å². The summed E-state index contributed by atoms with van der Waals surface area (Å²) in [5.74, 6) is -0.829. The maximum atomic E-state index is 13.2. The lowest BCUT2D eigenvalue weighted by atomic mass is 10.2. The second-order valence-electron chi connectivity index (χ2n) is 6.20. The second-order valence-corrected chi connectivity index (χ2v) is 6.64. The maximum Gasteiger partial charge on any atom is 0.420 e. The number of hydrogen-bond donors (Lipinski definition) is 0. The van der Waals surface area contributed by atoms with Gasteiger partial charge >= 0.3 is 5.76 Å². The van der Waals surface area contributed by atoms with Crippen molar-refractivity contribution in [3.8, 4) is 0 Å². The number of pyridine rings is 1. The van der Waals surface area contributed by atoms with Crippen molar-refractivity contribution in [1.82, 2.24) is 9.55 Å². The lowest BCUT2D eigenvalue weighted by molar-refractivity contribution is -0.119. The average molecular weight is 394 g/mol. The van der Waals surface area contributed by atoms with Crippen molar-refractivity contribution in [2.75, 3.05) is 4.90 Å². The summed E-state index contributed by atoms with van der Waals surface area (Å²) in [6.45, 7) is 0.122. The lowest BCUT2D eigenvalue weighted by Gasteiger charge is -2.23. The Morgan fingerprint density at radius 1 is 1.04 bits per heavy atom. The molecule has 0 aliphatic heterocycles. The van der Waals surface area contributed by atoms with E-state index in [9.17, 15) is 9.59 Å². The zero-order chi connectivity index (χ0) is 19.5. The molecule has 7 heteroatoms. The summed E-state index contributed by atoms with van der Waals surface area (Å²) >= 11 is 5.98. The van der Waals surface area contributed by atoms with Crippen LogP contribution in [-0.2, 0) is 17.9 Å². The Balaban J connectivity index is 1.69. The zero-order valence-electron chi connectivity index (χ0n) is 14.8. The number of fused-ring (bicyclic) bond motifs is 1. The standard InChI is InChI=1S/C21H16ClN3O3/c22-15-8-10-17(11-9-15)24(13-16-5-3-4-12-23-16)20(26)14-25-18-6-1-2-7-19(18)28-21(25)27/h1-12H,13-14H2. The molecule has 0 saturated carbocycles. The SMILES string of the molecule is O=C(Cn1c(=O)oc2ccccc21)N(Cc1ccccn1)c1ccc(Cl)cc1. The van der Waals surface area contributed by atoms with Gasteiger partial charge in [-0.2, -0.15) is 0 Å². The number of amides is 1. The van der Waals surface area contributed by atoms with Gasteiger partial charge in [0.2, 0.25) is 5.91 Å². The Morgan fingerprint density at radius 3 is 2.54 bits per heavy atom. The van der Waals surface area contributed by atoms with Gasteiger partial charge in [0.15, 0.2) is 5.58 Å². The van der Waals surface area contributed by atoms with Crippen LogP contribution in [0.4, 0.5) is 5.69 Å². The van der Waals surface area contributed by atoms with Gasteiger partial charge in [-0.05, 0) is 48.5 Å². The number of anilines is 1. The number of carbonyl (C=O) groups is 1. The van der Waals surface area contributed by atoms with Crippen LogP contribution in [0.5, 0.6) is 0 Å². The van der Waals surface area contributed by atoms with E-state index in [2.05, 4.69) is 4.98 Å². The number of rotatable bonds is 5. The van der Waals surface area contributed by atoms with Crippen molar-refractivity contribution in [3.05, 3.63) is 94.2 Å². The lowest BCUT2D eigenvalue weighted by Crippen LogP contribution is -2.35. The minimum atomic E-state index is -0.566. The van der Waals surface area contributed by atoms with E-state index in [1.165, 1.54) is 4.57 Å². The van der Waals surface area contributed by atoms with Gasteiger partial charge in [-0.1, -0.05) is 29.8 Å². The van der Waals surface area contributed by atoms with Crippen LogP contribution in [0.3, 0.4) is 0 Å². The minimum absolute atomic E-state index is 0.148. The Morgan fingerprint density at radius 2 is 1.79 bits per heavy atom. The van der Waals surface area contributed by atoms with Crippen LogP contribution in [0.2, 0.25) is 5.02 Å². The van der Waals surface area contributed by atoms with E-state index in [1.807, 2.05) is 18.2 Å². The number of carbonyl (C=O) groups excluding carboxylic acids is 1. The normalized spacial score (nSPS) is 10.9. The van der Waals surface area contributed by atoms with Gasteiger partial charge in [0.05, 0.1) is 17.8 Å². The van der Waals surface area contributed by atoms with E-state index < -0.39 is 5.76 Å². The van der Waals surface area contributed by atoms with E-state index in [0.29, 0.717) is 21.8 Å². The summed E-state index contributed by atoms with van der Waals surface area (Å²) in [7, 11) is 0. The summed E-state index contributed by atoms with van der Waals surface area (Å²) in [5.41, 5.74) is 2.42. The number of para-hydroxylation sites is 2. The van der Waals surface area contributed by atoms with Crippen molar-refractivity contribution < 1.29 is 9.21 Å². The Hall–Kier alpha value is -3.38. The van der Waals surface area contributed by atoms with Gasteiger partial charge in [-0.15, -0.1) is 0 Å². The molecule has 0 unspecified atom stereocenters. The summed E-state index contributed by atoms with van der Waals surface area (Å²) in [5, 5.41) is 0.575. The summed E-state index contributed by atoms with van der Waals surface area (Å²) < 4.78 is 6.56. The highest BCUT2D eigenvalue weighted by Gasteiger charge is 2.20. The molecule has 0 bridgehead atoms. The molecule has 0 spiro atoms. The summed E-state index contributed by atoms with van der Waals surface area (Å²) in [4.78, 5) is 31.3. The van der Waals surface area contributed by atoms with E-state index in [1.54, 1.807) is 59.6 Å². The predicted molar refractivity (Wildman–Crippen MR) is 107 cm³/mol. The molecule has 0 radical (unpaired) electrons. The third kappa shape index (κ3) is 3.68. The highest BCUT2D eigenvalue weighted by Crippen LogP contribution is 2.21. The van der Waals surface area contributed by atoms with Crippen molar-refractivity contribution >= 4 is 34.3 Å². The van der Waals surface area contributed by atoms with Gasteiger partial charge in [0.25, 0.3) is 0 Å². The van der Waals surface area contributed by atoms with Crippen LogP contribution in [0.25, 0.3) is 11.1 Å². The molecule has 4 aromatic rings.